The standard InChI is InChI=1S/C19H21N5O3S/c1-3-26-15-10-11-17(27-4-2)16(12-15)20-18(25)13-28-19-21-22-23-24(19)14-8-6-5-7-9-14/h5-12H,3-4,13H2,1-2H3,(H,20,25). The highest BCUT2D eigenvalue weighted by molar-refractivity contribution is 7.99. The van der Waals surface area contributed by atoms with Crippen molar-refractivity contribution in [2.24, 2.45) is 0 Å². The minimum absolute atomic E-state index is 0.150. The molecule has 0 aliphatic heterocycles. The van der Waals surface area contributed by atoms with Crippen molar-refractivity contribution in [2.45, 2.75) is 19.0 Å². The first-order chi connectivity index (χ1) is 13.7. The molecule has 1 N–H and O–H groups in total. The molecule has 0 fully saturated rings. The highest BCUT2D eigenvalue weighted by Gasteiger charge is 2.14. The number of nitrogens with one attached hydrogen (secondary N) is 1. The van der Waals surface area contributed by atoms with E-state index in [4.69, 9.17) is 9.47 Å². The number of nitrogens with zero attached hydrogens (tertiary/aromatic N) is 4. The van der Waals surface area contributed by atoms with Crippen molar-refractivity contribution in [1.82, 2.24) is 20.2 Å². The summed E-state index contributed by atoms with van der Waals surface area (Å²) in [6, 6.07) is 14.9. The normalized spacial score (nSPS) is 10.5. The van der Waals surface area contributed by atoms with Crippen LogP contribution in [-0.2, 0) is 4.79 Å². The number of tetrazole rings is 1. The predicted molar refractivity (Wildman–Crippen MR) is 107 cm³/mol. The van der Waals surface area contributed by atoms with Crippen LogP contribution >= 0.6 is 11.8 Å². The van der Waals surface area contributed by atoms with Crippen molar-refractivity contribution in [3.05, 3.63) is 48.5 Å². The molecule has 1 heterocycles. The molecular weight excluding hydrogens is 378 g/mol. The van der Waals surface area contributed by atoms with E-state index in [0.717, 1.165) is 5.69 Å². The van der Waals surface area contributed by atoms with E-state index in [1.807, 2.05) is 50.2 Å². The van der Waals surface area contributed by atoms with Crippen LogP contribution in [0.4, 0.5) is 5.69 Å². The Morgan fingerprint density at radius 1 is 1.11 bits per heavy atom. The second-order valence-corrected chi connectivity index (χ2v) is 6.51. The second kappa shape index (κ2) is 9.75. The molecule has 0 saturated carbocycles. The molecule has 1 amide bonds. The average molecular weight is 399 g/mol. The van der Waals surface area contributed by atoms with Gasteiger partial charge in [0.1, 0.15) is 11.5 Å². The van der Waals surface area contributed by atoms with Gasteiger partial charge in [0.25, 0.3) is 0 Å². The maximum Gasteiger partial charge on any atom is 0.234 e. The molecule has 0 spiro atoms. The lowest BCUT2D eigenvalue weighted by Gasteiger charge is -2.13. The zero-order valence-corrected chi connectivity index (χ0v) is 16.5. The van der Waals surface area contributed by atoms with Crippen molar-refractivity contribution in [3.63, 3.8) is 0 Å². The van der Waals surface area contributed by atoms with E-state index in [2.05, 4.69) is 20.8 Å². The highest BCUT2D eigenvalue weighted by Crippen LogP contribution is 2.30. The number of aromatic nitrogens is 4. The Kier molecular flexibility index (Phi) is 6.85. The molecule has 0 atom stereocenters. The number of thioether (sulfide) groups is 1. The van der Waals surface area contributed by atoms with Crippen molar-refractivity contribution in [3.8, 4) is 17.2 Å². The highest BCUT2D eigenvalue weighted by atomic mass is 32.2. The fourth-order valence-corrected chi connectivity index (χ4v) is 3.15. The Morgan fingerprint density at radius 3 is 2.64 bits per heavy atom. The maximum absolute atomic E-state index is 12.5. The van der Waals surface area contributed by atoms with Crippen LogP contribution < -0.4 is 14.8 Å². The lowest BCUT2D eigenvalue weighted by molar-refractivity contribution is -0.113. The number of benzene rings is 2. The molecule has 3 aromatic rings. The molecule has 0 aliphatic carbocycles. The molecule has 2 aromatic carbocycles. The summed E-state index contributed by atoms with van der Waals surface area (Å²) in [7, 11) is 0. The summed E-state index contributed by atoms with van der Waals surface area (Å²) in [4.78, 5) is 12.5. The maximum atomic E-state index is 12.5. The molecule has 8 nitrogen and oxygen atoms in total. The Balaban J connectivity index is 1.67. The van der Waals surface area contributed by atoms with Gasteiger partial charge in [-0.3, -0.25) is 4.79 Å². The molecule has 0 unspecified atom stereocenters. The number of rotatable bonds is 9. The van der Waals surface area contributed by atoms with Crippen LogP contribution in [0.2, 0.25) is 0 Å². The van der Waals surface area contributed by atoms with Crippen molar-refractivity contribution in [2.75, 3.05) is 24.3 Å². The summed E-state index contributed by atoms with van der Waals surface area (Å²) >= 11 is 1.25. The Bertz CT molecular complexity index is 917. The van der Waals surface area contributed by atoms with Gasteiger partial charge in [-0.2, -0.15) is 4.68 Å². The summed E-state index contributed by atoms with van der Waals surface area (Å²) in [5.74, 6) is 1.22. The molecule has 0 radical (unpaired) electrons. The predicted octanol–water partition coefficient (Wildman–Crippen LogP) is 3.19. The average Bonchev–Trinajstić information content (AvgIpc) is 3.18. The quantitative estimate of drug-likeness (QED) is 0.553. The summed E-state index contributed by atoms with van der Waals surface area (Å²) in [5, 5.41) is 15.1. The van der Waals surface area contributed by atoms with Crippen molar-refractivity contribution < 1.29 is 14.3 Å². The second-order valence-electron chi connectivity index (χ2n) is 5.57. The van der Waals surface area contributed by atoms with E-state index in [0.29, 0.717) is 35.6 Å². The van der Waals surface area contributed by atoms with Gasteiger partial charge >= 0.3 is 0 Å². The van der Waals surface area contributed by atoms with E-state index in [1.54, 1.807) is 16.8 Å². The first kappa shape index (κ1) is 19.7. The molecule has 1 aromatic heterocycles. The van der Waals surface area contributed by atoms with Gasteiger partial charge < -0.3 is 14.8 Å². The molecule has 9 heteroatoms. The third-order valence-corrected chi connectivity index (χ3v) is 4.53. The van der Waals surface area contributed by atoms with Crippen LogP contribution in [0, 0.1) is 0 Å². The van der Waals surface area contributed by atoms with Crippen LogP contribution in [0.15, 0.2) is 53.7 Å². The number of carbonyl (C=O) groups is 1. The van der Waals surface area contributed by atoms with Crippen LogP contribution in [0.1, 0.15) is 13.8 Å². The minimum Gasteiger partial charge on any atom is -0.494 e. The van der Waals surface area contributed by atoms with E-state index in [-0.39, 0.29) is 11.7 Å². The van der Waals surface area contributed by atoms with Gasteiger partial charge in [-0.1, -0.05) is 30.0 Å². The van der Waals surface area contributed by atoms with E-state index < -0.39 is 0 Å². The van der Waals surface area contributed by atoms with Crippen LogP contribution in [0.25, 0.3) is 5.69 Å². The number of hydrogen-bond acceptors (Lipinski definition) is 7. The van der Waals surface area contributed by atoms with Crippen molar-refractivity contribution >= 4 is 23.4 Å². The van der Waals surface area contributed by atoms with E-state index in [1.165, 1.54) is 11.8 Å². The van der Waals surface area contributed by atoms with Gasteiger partial charge in [-0.15, -0.1) is 5.10 Å². The van der Waals surface area contributed by atoms with Gasteiger partial charge in [0.15, 0.2) is 0 Å². The lowest BCUT2D eigenvalue weighted by atomic mass is 10.2. The smallest absolute Gasteiger partial charge is 0.234 e. The Morgan fingerprint density at radius 2 is 1.89 bits per heavy atom. The van der Waals surface area contributed by atoms with E-state index in [9.17, 15) is 4.79 Å². The minimum atomic E-state index is -0.192. The molecule has 0 aliphatic rings. The molecular formula is C19H21N5O3S. The number of ether oxygens (including phenoxy) is 2. The molecule has 28 heavy (non-hydrogen) atoms. The fourth-order valence-electron chi connectivity index (χ4n) is 2.46. The summed E-state index contributed by atoms with van der Waals surface area (Å²) < 4.78 is 12.7. The monoisotopic (exact) mass is 399 g/mol. The number of anilines is 1. The first-order valence-corrected chi connectivity index (χ1v) is 9.86. The number of amides is 1. The van der Waals surface area contributed by atoms with Gasteiger partial charge in [-0.05, 0) is 48.5 Å². The third-order valence-electron chi connectivity index (χ3n) is 3.61. The summed E-state index contributed by atoms with van der Waals surface area (Å²) in [6.45, 7) is 4.83. The molecule has 0 saturated heterocycles. The number of para-hydroxylation sites is 1. The third kappa shape index (κ3) is 5.01. The van der Waals surface area contributed by atoms with Crippen LogP contribution in [0.3, 0.4) is 0 Å². The van der Waals surface area contributed by atoms with Gasteiger partial charge in [-0.25, -0.2) is 0 Å². The summed E-state index contributed by atoms with van der Waals surface area (Å²) in [6.07, 6.45) is 0. The largest absolute Gasteiger partial charge is 0.494 e. The Labute approximate surface area is 167 Å². The SMILES string of the molecule is CCOc1ccc(OCC)c(NC(=O)CSc2nnnn2-c2ccccc2)c1. The zero-order valence-electron chi connectivity index (χ0n) is 15.7. The number of carbonyl (C=O) groups excluding carboxylic acids is 1. The Hall–Kier alpha value is -3.07. The fraction of sp³-hybridized carbons (Fsp3) is 0.263. The van der Waals surface area contributed by atoms with Crippen LogP contribution in [0.5, 0.6) is 11.5 Å². The van der Waals surface area contributed by atoms with Crippen LogP contribution in [-0.4, -0.2) is 45.1 Å². The van der Waals surface area contributed by atoms with Gasteiger partial charge in [0, 0.05) is 6.07 Å². The van der Waals surface area contributed by atoms with Gasteiger partial charge in [0.05, 0.1) is 30.3 Å². The first-order valence-electron chi connectivity index (χ1n) is 8.87. The summed E-state index contributed by atoms with van der Waals surface area (Å²) in [5.41, 5.74) is 1.40. The zero-order chi connectivity index (χ0) is 19.8. The molecule has 0 bridgehead atoms. The lowest BCUT2D eigenvalue weighted by Crippen LogP contribution is -2.15. The van der Waals surface area contributed by atoms with E-state index >= 15 is 0 Å². The molecule has 3 rings (SSSR count). The molecule has 146 valence electrons. The number of hydrogen-bond donors (Lipinski definition) is 1. The van der Waals surface area contributed by atoms with Gasteiger partial charge in [0.2, 0.25) is 11.1 Å². The van der Waals surface area contributed by atoms with Crippen molar-refractivity contribution in [1.29, 1.82) is 0 Å². The topological polar surface area (TPSA) is 91.2 Å².